The number of piperazine rings is 1. The molecule has 1 aliphatic rings. The molecule has 1 N–H and O–H groups in total. The molecule has 128 valence electrons. The SMILES string of the molecule is Cc1c(/C=C/CN2CCN(CCO)CC2)cnn1-c1ncccn1. The molecule has 0 saturated carbocycles. The molecule has 7 nitrogen and oxygen atoms in total. The van der Waals surface area contributed by atoms with Crippen LogP contribution in [0.1, 0.15) is 11.3 Å². The number of β-amino-alcohol motifs (C(OH)–C–C–N with tert-alkyl or cyclic N) is 1. The van der Waals surface area contributed by atoms with Crippen LogP contribution >= 0.6 is 0 Å². The van der Waals surface area contributed by atoms with Gasteiger partial charge >= 0.3 is 0 Å². The first-order valence-electron chi connectivity index (χ1n) is 8.32. The molecule has 7 heteroatoms. The molecule has 0 aromatic carbocycles. The van der Waals surface area contributed by atoms with Crippen LogP contribution in [0, 0.1) is 6.92 Å². The van der Waals surface area contributed by atoms with Crippen molar-refractivity contribution >= 4 is 6.08 Å². The Hall–Kier alpha value is -2.09. The van der Waals surface area contributed by atoms with Gasteiger partial charge in [0, 0.05) is 57.2 Å². The maximum absolute atomic E-state index is 8.98. The van der Waals surface area contributed by atoms with Crippen molar-refractivity contribution < 1.29 is 5.11 Å². The van der Waals surface area contributed by atoms with Gasteiger partial charge in [-0.1, -0.05) is 12.2 Å². The van der Waals surface area contributed by atoms with E-state index in [0.717, 1.165) is 50.5 Å². The van der Waals surface area contributed by atoms with Gasteiger partial charge in [0.15, 0.2) is 0 Å². The van der Waals surface area contributed by atoms with Gasteiger partial charge in [0.1, 0.15) is 0 Å². The molecule has 3 rings (SSSR count). The monoisotopic (exact) mass is 328 g/mol. The highest BCUT2D eigenvalue weighted by Gasteiger charge is 2.15. The summed E-state index contributed by atoms with van der Waals surface area (Å²) in [6.45, 7) is 8.11. The van der Waals surface area contributed by atoms with E-state index in [1.54, 1.807) is 23.1 Å². The topological polar surface area (TPSA) is 70.3 Å². The molecule has 0 amide bonds. The number of rotatable bonds is 6. The van der Waals surface area contributed by atoms with Gasteiger partial charge in [-0.3, -0.25) is 9.80 Å². The smallest absolute Gasteiger partial charge is 0.250 e. The maximum atomic E-state index is 8.98. The number of nitrogens with zero attached hydrogens (tertiary/aromatic N) is 6. The summed E-state index contributed by atoms with van der Waals surface area (Å²) < 4.78 is 1.76. The molecule has 1 aliphatic heterocycles. The van der Waals surface area contributed by atoms with E-state index in [2.05, 4.69) is 37.0 Å². The Morgan fingerprint density at radius 1 is 1.12 bits per heavy atom. The van der Waals surface area contributed by atoms with Gasteiger partial charge in [-0.15, -0.1) is 0 Å². The van der Waals surface area contributed by atoms with Crippen molar-refractivity contribution in [3.05, 3.63) is 42.0 Å². The molecule has 2 aromatic rings. The molecule has 0 radical (unpaired) electrons. The number of aliphatic hydroxyl groups is 1. The zero-order chi connectivity index (χ0) is 16.8. The molecular weight excluding hydrogens is 304 g/mol. The molecule has 1 fully saturated rings. The highest BCUT2D eigenvalue weighted by atomic mass is 16.3. The van der Waals surface area contributed by atoms with Crippen LogP contribution in [0.3, 0.4) is 0 Å². The van der Waals surface area contributed by atoms with Crippen molar-refractivity contribution in [3.8, 4) is 5.95 Å². The first kappa shape index (κ1) is 16.8. The van der Waals surface area contributed by atoms with Crippen molar-refractivity contribution in [2.75, 3.05) is 45.9 Å². The normalized spacial score (nSPS) is 16.9. The van der Waals surface area contributed by atoms with Gasteiger partial charge in [0.2, 0.25) is 0 Å². The van der Waals surface area contributed by atoms with Gasteiger partial charge in [0.05, 0.1) is 18.5 Å². The van der Waals surface area contributed by atoms with Gasteiger partial charge < -0.3 is 5.11 Å². The minimum Gasteiger partial charge on any atom is -0.395 e. The quantitative estimate of drug-likeness (QED) is 0.837. The van der Waals surface area contributed by atoms with Crippen LogP contribution in [-0.4, -0.2) is 80.5 Å². The Morgan fingerprint density at radius 2 is 1.83 bits per heavy atom. The lowest BCUT2D eigenvalue weighted by atomic mass is 10.2. The highest BCUT2D eigenvalue weighted by molar-refractivity contribution is 5.51. The fraction of sp³-hybridized carbons (Fsp3) is 0.471. The van der Waals surface area contributed by atoms with E-state index in [0.29, 0.717) is 5.95 Å². The van der Waals surface area contributed by atoms with Crippen LogP contribution in [0.2, 0.25) is 0 Å². The zero-order valence-corrected chi connectivity index (χ0v) is 14.0. The van der Waals surface area contributed by atoms with Crippen LogP contribution < -0.4 is 0 Å². The summed E-state index contributed by atoms with van der Waals surface area (Å²) in [7, 11) is 0. The first-order chi connectivity index (χ1) is 11.8. The Morgan fingerprint density at radius 3 is 2.54 bits per heavy atom. The molecule has 24 heavy (non-hydrogen) atoms. The Balaban J connectivity index is 1.55. The van der Waals surface area contributed by atoms with Crippen molar-refractivity contribution in [3.63, 3.8) is 0 Å². The van der Waals surface area contributed by atoms with E-state index in [1.165, 1.54) is 0 Å². The number of aliphatic hydroxyl groups excluding tert-OH is 1. The molecule has 1 saturated heterocycles. The number of hydrogen-bond donors (Lipinski definition) is 1. The zero-order valence-electron chi connectivity index (χ0n) is 14.0. The lowest BCUT2D eigenvalue weighted by molar-refractivity contribution is 0.120. The van der Waals surface area contributed by atoms with Crippen LogP contribution in [0.25, 0.3) is 12.0 Å². The fourth-order valence-corrected chi connectivity index (χ4v) is 2.85. The largest absolute Gasteiger partial charge is 0.395 e. The summed E-state index contributed by atoms with van der Waals surface area (Å²) in [5.41, 5.74) is 2.12. The molecular formula is C17H24N6O. The van der Waals surface area contributed by atoms with Gasteiger partial charge in [-0.2, -0.15) is 5.10 Å². The summed E-state index contributed by atoms with van der Waals surface area (Å²) in [6.07, 6.45) is 9.58. The van der Waals surface area contributed by atoms with Crippen LogP contribution in [0.15, 0.2) is 30.7 Å². The van der Waals surface area contributed by atoms with E-state index in [-0.39, 0.29) is 6.61 Å². The molecule has 0 bridgehead atoms. The number of aromatic nitrogens is 4. The summed E-state index contributed by atoms with van der Waals surface area (Å²) in [6, 6.07) is 1.80. The van der Waals surface area contributed by atoms with Crippen molar-refractivity contribution in [1.82, 2.24) is 29.5 Å². The van der Waals surface area contributed by atoms with Crippen molar-refractivity contribution in [2.24, 2.45) is 0 Å². The Kier molecular flexibility index (Phi) is 5.68. The summed E-state index contributed by atoms with van der Waals surface area (Å²) in [4.78, 5) is 13.2. The van der Waals surface area contributed by atoms with E-state index in [4.69, 9.17) is 5.11 Å². The summed E-state index contributed by atoms with van der Waals surface area (Å²) in [5.74, 6) is 0.592. The predicted octanol–water partition coefficient (Wildman–Crippen LogP) is 0.594. The second kappa shape index (κ2) is 8.14. The van der Waals surface area contributed by atoms with E-state index in [1.807, 2.05) is 13.1 Å². The van der Waals surface area contributed by atoms with E-state index >= 15 is 0 Å². The van der Waals surface area contributed by atoms with Crippen molar-refractivity contribution in [1.29, 1.82) is 0 Å². The molecule has 3 heterocycles. The van der Waals surface area contributed by atoms with Crippen LogP contribution in [-0.2, 0) is 0 Å². The van der Waals surface area contributed by atoms with E-state index in [9.17, 15) is 0 Å². The molecule has 0 spiro atoms. The minimum atomic E-state index is 0.244. The van der Waals surface area contributed by atoms with Crippen molar-refractivity contribution in [2.45, 2.75) is 6.92 Å². The third-order valence-corrected chi connectivity index (χ3v) is 4.33. The second-order valence-corrected chi connectivity index (χ2v) is 5.91. The standard InChI is InChI=1S/C17H24N6O/c1-15-16(14-20-23(15)17-18-5-3-6-19-17)4-2-7-21-8-10-22(11-9-21)12-13-24/h2-6,14,24H,7-13H2,1H3/b4-2+. The minimum absolute atomic E-state index is 0.244. The second-order valence-electron chi connectivity index (χ2n) is 5.91. The van der Waals surface area contributed by atoms with Gasteiger partial charge in [-0.05, 0) is 13.0 Å². The van der Waals surface area contributed by atoms with Gasteiger partial charge in [-0.25, -0.2) is 14.6 Å². The third-order valence-electron chi connectivity index (χ3n) is 4.33. The molecule has 0 atom stereocenters. The lowest BCUT2D eigenvalue weighted by Gasteiger charge is -2.33. The van der Waals surface area contributed by atoms with Crippen LogP contribution in [0.5, 0.6) is 0 Å². The van der Waals surface area contributed by atoms with Gasteiger partial charge in [0.25, 0.3) is 5.95 Å². The van der Waals surface area contributed by atoms with Crippen LogP contribution in [0.4, 0.5) is 0 Å². The lowest BCUT2D eigenvalue weighted by Crippen LogP contribution is -2.47. The fourth-order valence-electron chi connectivity index (χ4n) is 2.85. The Bertz CT molecular complexity index is 661. The average molecular weight is 328 g/mol. The Labute approximate surface area is 142 Å². The molecule has 2 aromatic heterocycles. The molecule has 0 aliphatic carbocycles. The summed E-state index contributed by atoms with van der Waals surface area (Å²) in [5, 5.41) is 13.4. The molecule has 0 unspecified atom stereocenters. The highest BCUT2D eigenvalue weighted by Crippen LogP contribution is 2.12. The summed E-state index contributed by atoms with van der Waals surface area (Å²) >= 11 is 0. The average Bonchev–Trinajstić information content (AvgIpc) is 2.98. The predicted molar refractivity (Wildman–Crippen MR) is 92.9 cm³/mol. The van der Waals surface area contributed by atoms with E-state index < -0.39 is 0 Å². The maximum Gasteiger partial charge on any atom is 0.250 e. The first-order valence-corrected chi connectivity index (χ1v) is 8.32. The third kappa shape index (κ3) is 4.05. The number of hydrogen-bond acceptors (Lipinski definition) is 6.